The van der Waals surface area contributed by atoms with Crippen molar-refractivity contribution in [2.45, 2.75) is 29.5 Å². The zero-order chi connectivity index (χ0) is 21.5. The van der Waals surface area contributed by atoms with Gasteiger partial charge in [-0.15, -0.1) is 11.8 Å². The summed E-state index contributed by atoms with van der Waals surface area (Å²) in [7, 11) is 0. The Morgan fingerprint density at radius 1 is 0.935 bits per heavy atom. The van der Waals surface area contributed by atoms with Gasteiger partial charge < -0.3 is 10.2 Å². The lowest BCUT2D eigenvalue weighted by Gasteiger charge is -2.32. The number of nitrogens with one attached hydrogen (secondary N) is 1. The number of nitrogens with zero attached hydrogens (tertiary/aromatic N) is 3. The first kappa shape index (κ1) is 21.1. The molecule has 31 heavy (non-hydrogen) atoms. The van der Waals surface area contributed by atoms with Crippen LogP contribution in [0.15, 0.2) is 78.2 Å². The average Bonchev–Trinajstić information content (AvgIpc) is 2.84. The molecule has 1 fully saturated rings. The van der Waals surface area contributed by atoms with E-state index < -0.39 is 0 Å². The molecule has 3 heterocycles. The second-order valence-electron chi connectivity index (χ2n) is 7.46. The van der Waals surface area contributed by atoms with Crippen LogP contribution in [0.25, 0.3) is 0 Å². The van der Waals surface area contributed by atoms with Gasteiger partial charge >= 0.3 is 0 Å². The Morgan fingerprint density at radius 3 is 2.29 bits per heavy atom. The first-order chi connectivity index (χ1) is 15.2. The number of hydrogen-bond acceptors (Lipinski definition) is 5. The number of likely N-dealkylation sites (tertiary alicyclic amines) is 1. The van der Waals surface area contributed by atoms with Crippen molar-refractivity contribution >= 4 is 23.6 Å². The number of piperidine rings is 1. The molecular weight excluding hydrogens is 408 g/mol. The standard InChI is InChI=1S/C24H24N4O2S/c29-23(20-4-2-12-26-16-20)27-21-9-13-28(14-10-21)24(30)19-5-7-22(8-6-19)31-17-18-3-1-11-25-15-18/h1-8,11-12,15-16,21H,9-10,13-14,17H2,(H,27,29). The largest absolute Gasteiger partial charge is 0.349 e. The molecule has 7 heteroatoms. The molecule has 0 bridgehead atoms. The number of carbonyl (C=O) groups excluding carboxylic acids is 2. The van der Waals surface area contributed by atoms with E-state index in [1.165, 1.54) is 5.56 Å². The molecule has 1 N–H and O–H groups in total. The van der Waals surface area contributed by atoms with Crippen LogP contribution in [0.3, 0.4) is 0 Å². The minimum atomic E-state index is -0.114. The second-order valence-corrected chi connectivity index (χ2v) is 8.50. The van der Waals surface area contributed by atoms with Gasteiger partial charge in [0.25, 0.3) is 11.8 Å². The van der Waals surface area contributed by atoms with Gasteiger partial charge in [0, 0.05) is 60.1 Å². The highest BCUT2D eigenvalue weighted by atomic mass is 32.2. The van der Waals surface area contributed by atoms with E-state index in [1.807, 2.05) is 41.4 Å². The van der Waals surface area contributed by atoms with Crippen molar-refractivity contribution in [3.63, 3.8) is 0 Å². The zero-order valence-electron chi connectivity index (χ0n) is 17.1. The molecule has 1 saturated heterocycles. The van der Waals surface area contributed by atoms with Gasteiger partial charge in [-0.25, -0.2) is 0 Å². The average molecular weight is 433 g/mol. The van der Waals surface area contributed by atoms with Gasteiger partial charge in [-0.1, -0.05) is 6.07 Å². The topological polar surface area (TPSA) is 75.2 Å². The molecule has 2 aromatic heterocycles. The number of amides is 2. The Bertz CT molecular complexity index is 1000. The molecule has 1 aliphatic heterocycles. The summed E-state index contributed by atoms with van der Waals surface area (Å²) < 4.78 is 0. The fourth-order valence-corrected chi connectivity index (χ4v) is 4.35. The lowest BCUT2D eigenvalue weighted by Crippen LogP contribution is -2.46. The predicted molar refractivity (Wildman–Crippen MR) is 121 cm³/mol. The third-order valence-electron chi connectivity index (χ3n) is 5.27. The summed E-state index contributed by atoms with van der Waals surface area (Å²) in [5, 5.41) is 3.05. The number of thioether (sulfide) groups is 1. The van der Waals surface area contributed by atoms with E-state index in [9.17, 15) is 9.59 Å². The van der Waals surface area contributed by atoms with Crippen LogP contribution in [0.2, 0.25) is 0 Å². The molecule has 1 aromatic carbocycles. The first-order valence-electron chi connectivity index (χ1n) is 10.3. The first-order valence-corrected chi connectivity index (χ1v) is 11.3. The minimum absolute atomic E-state index is 0.0424. The van der Waals surface area contributed by atoms with Crippen molar-refractivity contribution in [1.82, 2.24) is 20.2 Å². The lowest BCUT2D eigenvalue weighted by molar-refractivity contribution is 0.0698. The Balaban J connectivity index is 1.26. The number of aromatic nitrogens is 2. The summed E-state index contributed by atoms with van der Waals surface area (Å²) in [6.07, 6.45) is 8.34. The van der Waals surface area contributed by atoms with Crippen molar-refractivity contribution in [2.75, 3.05) is 13.1 Å². The summed E-state index contributed by atoms with van der Waals surface area (Å²) >= 11 is 1.72. The zero-order valence-corrected chi connectivity index (χ0v) is 17.9. The molecule has 0 unspecified atom stereocenters. The monoisotopic (exact) mass is 432 g/mol. The Labute approximate surface area is 186 Å². The van der Waals surface area contributed by atoms with Gasteiger partial charge in [-0.3, -0.25) is 19.6 Å². The highest BCUT2D eigenvalue weighted by Crippen LogP contribution is 2.23. The van der Waals surface area contributed by atoms with E-state index in [1.54, 1.807) is 42.5 Å². The van der Waals surface area contributed by atoms with Crippen molar-refractivity contribution < 1.29 is 9.59 Å². The third-order valence-corrected chi connectivity index (χ3v) is 6.35. The van der Waals surface area contributed by atoms with Gasteiger partial charge in [-0.05, 0) is 60.9 Å². The number of hydrogen-bond donors (Lipinski definition) is 1. The van der Waals surface area contributed by atoms with Crippen molar-refractivity contribution in [3.8, 4) is 0 Å². The third kappa shape index (κ3) is 5.70. The minimum Gasteiger partial charge on any atom is -0.349 e. The maximum atomic E-state index is 12.9. The normalized spacial score (nSPS) is 14.3. The van der Waals surface area contributed by atoms with Crippen LogP contribution in [0.5, 0.6) is 0 Å². The smallest absolute Gasteiger partial charge is 0.253 e. The molecule has 0 atom stereocenters. The molecule has 0 saturated carbocycles. The number of carbonyl (C=O) groups is 2. The summed E-state index contributed by atoms with van der Waals surface area (Å²) in [5.41, 5.74) is 2.43. The SMILES string of the molecule is O=C(NC1CCN(C(=O)c2ccc(SCc3cccnc3)cc2)CC1)c1cccnc1. The van der Waals surface area contributed by atoms with Crippen LogP contribution in [0.4, 0.5) is 0 Å². The molecule has 1 aliphatic rings. The van der Waals surface area contributed by atoms with Gasteiger partial charge in [0.1, 0.15) is 0 Å². The summed E-state index contributed by atoms with van der Waals surface area (Å²) in [5.74, 6) is 0.775. The molecular formula is C24H24N4O2S. The highest BCUT2D eigenvalue weighted by molar-refractivity contribution is 7.98. The summed E-state index contributed by atoms with van der Waals surface area (Å²) in [6, 6.07) is 15.3. The molecule has 0 radical (unpaired) electrons. The number of pyridine rings is 2. The van der Waals surface area contributed by atoms with Crippen LogP contribution >= 0.6 is 11.8 Å². The molecule has 6 nitrogen and oxygen atoms in total. The fourth-order valence-electron chi connectivity index (χ4n) is 3.52. The molecule has 0 aliphatic carbocycles. The highest BCUT2D eigenvalue weighted by Gasteiger charge is 2.25. The van der Waals surface area contributed by atoms with Crippen LogP contribution < -0.4 is 5.32 Å². The van der Waals surface area contributed by atoms with Gasteiger partial charge in [-0.2, -0.15) is 0 Å². The quantitative estimate of drug-likeness (QED) is 0.600. The van der Waals surface area contributed by atoms with E-state index in [4.69, 9.17) is 0 Å². The van der Waals surface area contributed by atoms with Crippen molar-refractivity contribution in [2.24, 2.45) is 0 Å². The predicted octanol–water partition coefficient (Wildman–Crippen LogP) is 3.80. The maximum Gasteiger partial charge on any atom is 0.253 e. The van der Waals surface area contributed by atoms with Crippen molar-refractivity contribution in [3.05, 3.63) is 90.0 Å². The van der Waals surface area contributed by atoms with Crippen LogP contribution in [0, 0.1) is 0 Å². The Kier molecular flexibility index (Phi) is 6.94. The summed E-state index contributed by atoms with van der Waals surface area (Å²) in [6.45, 7) is 1.27. The number of benzene rings is 1. The van der Waals surface area contributed by atoms with E-state index in [0.717, 1.165) is 23.5 Å². The summed E-state index contributed by atoms with van der Waals surface area (Å²) in [4.78, 5) is 36.2. The Hall–Kier alpha value is -3.19. The van der Waals surface area contributed by atoms with Gasteiger partial charge in [0.15, 0.2) is 0 Å². The molecule has 3 aromatic rings. The van der Waals surface area contributed by atoms with E-state index in [-0.39, 0.29) is 17.9 Å². The molecule has 2 amide bonds. The van der Waals surface area contributed by atoms with Gasteiger partial charge in [0.05, 0.1) is 5.56 Å². The van der Waals surface area contributed by atoms with Crippen LogP contribution in [0.1, 0.15) is 39.1 Å². The molecule has 4 rings (SSSR count). The van der Waals surface area contributed by atoms with Crippen LogP contribution in [-0.2, 0) is 5.75 Å². The maximum absolute atomic E-state index is 12.9. The molecule has 158 valence electrons. The lowest BCUT2D eigenvalue weighted by atomic mass is 10.0. The van der Waals surface area contributed by atoms with Crippen molar-refractivity contribution in [1.29, 1.82) is 0 Å². The van der Waals surface area contributed by atoms with Crippen LogP contribution in [-0.4, -0.2) is 45.8 Å². The van der Waals surface area contributed by atoms with E-state index in [2.05, 4.69) is 21.4 Å². The van der Waals surface area contributed by atoms with Gasteiger partial charge in [0.2, 0.25) is 0 Å². The van der Waals surface area contributed by atoms with E-state index in [0.29, 0.717) is 24.2 Å². The van der Waals surface area contributed by atoms with E-state index >= 15 is 0 Å². The number of rotatable bonds is 6. The fraction of sp³-hybridized carbons (Fsp3) is 0.250. The Morgan fingerprint density at radius 2 is 1.65 bits per heavy atom. The molecule has 0 spiro atoms. The second kappa shape index (κ2) is 10.2.